The van der Waals surface area contributed by atoms with E-state index in [1.165, 1.54) is 0 Å². The summed E-state index contributed by atoms with van der Waals surface area (Å²) in [5, 5.41) is 0. The molecule has 0 N–H and O–H groups in total. The lowest BCUT2D eigenvalue weighted by molar-refractivity contribution is -0.135. The van der Waals surface area contributed by atoms with Gasteiger partial charge in [-0.25, -0.2) is 0 Å². The molecule has 5 nitrogen and oxygen atoms in total. The number of nitrogens with zero attached hydrogens (tertiary/aromatic N) is 2. The Kier molecular flexibility index (Phi) is 5.55. The smallest absolute Gasteiger partial charge is 0.228 e. The molecule has 0 bridgehead atoms. The Hall–Kier alpha value is -1.88. The lowest BCUT2D eigenvalue weighted by Crippen LogP contribution is -2.39. The molecule has 120 valence electrons. The predicted molar refractivity (Wildman–Crippen MR) is 84.1 cm³/mol. The summed E-state index contributed by atoms with van der Waals surface area (Å²) in [6, 6.07) is 9.88. The first-order valence-corrected chi connectivity index (χ1v) is 7.60. The summed E-state index contributed by atoms with van der Waals surface area (Å²) in [7, 11) is 3.41. The van der Waals surface area contributed by atoms with Crippen LogP contribution >= 0.6 is 0 Å². The molecule has 5 heteroatoms. The van der Waals surface area contributed by atoms with E-state index in [0.717, 1.165) is 5.56 Å². The fraction of sp³-hybridized carbons (Fsp3) is 0.529. The summed E-state index contributed by atoms with van der Waals surface area (Å²) in [5.74, 6) is -0.180. The van der Waals surface area contributed by atoms with Gasteiger partial charge in [-0.2, -0.15) is 0 Å². The fourth-order valence-corrected chi connectivity index (χ4v) is 2.90. The zero-order valence-electron chi connectivity index (χ0n) is 13.5. The molecule has 2 rings (SSSR count). The van der Waals surface area contributed by atoms with Crippen LogP contribution in [0.2, 0.25) is 0 Å². The molecule has 1 fully saturated rings. The normalized spacial score (nSPS) is 19.3. The van der Waals surface area contributed by atoms with Gasteiger partial charge in [-0.15, -0.1) is 0 Å². The Labute approximate surface area is 131 Å². The summed E-state index contributed by atoms with van der Waals surface area (Å²) in [6.45, 7) is 3.49. The molecule has 2 unspecified atom stereocenters. The maximum Gasteiger partial charge on any atom is 0.228 e. The molecule has 1 aliphatic heterocycles. The van der Waals surface area contributed by atoms with E-state index in [0.29, 0.717) is 26.1 Å². The van der Waals surface area contributed by atoms with Crippen LogP contribution in [0.4, 0.5) is 0 Å². The Morgan fingerprint density at radius 2 is 2.09 bits per heavy atom. The molecule has 0 saturated carbocycles. The molecular weight excluding hydrogens is 280 g/mol. The zero-order chi connectivity index (χ0) is 16.1. The molecule has 0 aliphatic carbocycles. The van der Waals surface area contributed by atoms with Crippen molar-refractivity contribution in [3.63, 3.8) is 0 Å². The molecule has 2 amide bonds. The third-order valence-corrected chi connectivity index (χ3v) is 4.09. The number of methoxy groups -OCH3 is 1. The topological polar surface area (TPSA) is 49.9 Å². The first-order valence-electron chi connectivity index (χ1n) is 7.60. The number of hydrogen-bond acceptors (Lipinski definition) is 3. The minimum atomic E-state index is -0.250. The highest BCUT2D eigenvalue weighted by Gasteiger charge is 2.37. The average molecular weight is 304 g/mol. The number of benzene rings is 1. The van der Waals surface area contributed by atoms with Crippen LogP contribution in [0.25, 0.3) is 0 Å². The Morgan fingerprint density at radius 1 is 1.41 bits per heavy atom. The van der Waals surface area contributed by atoms with Crippen molar-refractivity contribution in [1.29, 1.82) is 0 Å². The van der Waals surface area contributed by atoms with Crippen molar-refractivity contribution in [1.82, 2.24) is 9.80 Å². The largest absolute Gasteiger partial charge is 0.383 e. The van der Waals surface area contributed by atoms with Gasteiger partial charge in [0.25, 0.3) is 0 Å². The number of amides is 2. The molecule has 1 saturated heterocycles. The monoisotopic (exact) mass is 304 g/mol. The average Bonchev–Trinajstić information content (AvgIpc) is 2.89. The number of carbonyl (C=O) groups excluding carboxylic acids is 2. The van der Waals surface area contributed by atoms with E-state index in [-0.39, 0.29) is 23.8 Å². The van der Waals surface area contributed by atoms with Crippen molar-refractivity contribution in [3.8, 4) is 0 Å². The molecule has 2 atom stereocenters. The van der Waals surface area contributed by atoms with E-state index in [1.807, 2.05) is 37.3 Å². The van der Waals surface area contributed by atoms with Crippen LogP contribution in [0.1, 0.15) is 18.9 Å². The molecule has 22 heavy (non-hydrogen) atoms. The Bertz CT molecular complexity index is 518. The number of carbonyl (C=O) groups is 2. The highest BCUT2D eigenvalue weighted by molar-refractivity contribution is 5.89. The van der Waals surface area contributed by atoms with Gasteiger partial charge in [0.15, 0.2) is 0 Å². The van der Waals surface area contributed by atoms with Gasteiger partial charge in [0.05, 0.1) is 18.6 Å². The Balaban J connectivity index is 1.94. The number of rotatable bonds is 6. The summed E-state index contributed by atoms with van der Waals surface area (Å²) in [4.78, 5) is 28.1. The van der Waals surface area contributed by atoms with E-state index >= 15 is 0 Å². The first-order chi connectivity index (χ1) is 10.5. The van der Waals surface area contributed by atoms with Gasteiger partial charge in [-0.3, -0.25) is 9.59 Å². The fourth-order valence-electron chi connectivity index (χ4n) is 2.90. The molecule has 0 aromatic heterocycles. The minimum Gasteiger partial charge on any atom is -0.383 e. The van der Waals surface area contributed by atoms with E-state index in [1.54, 1.807) is 24.0 Å². The van der Waals surface area contributed by atoms with Crippen molar-refractivity contribution in [2.75, 3.05) is 27.3 Å². The molecular formula is C17H24N2O3. The van der Waals surface area contributed by atoms with Gasteiger partial charge in [0.2, 0.25) is 11.8 Å². The highest BCUT2D eigenvalue weighted by atomic mass is 16.5. The van der Waals surface area contributed by atoms with Crippen molar-refractivity contribution in [2.24, 2.45) is 5.92 Å². The van der Waals surface area contributed by atoms with E-state index in [2.05, 4.69) is 0 Å². The van der Waals surface area contributed by atoms with E-state index < -0.39 is 0 Å². The van der Waals surface area contributed by atoms with Crippen LogP contribution in [-0.2, 0) is 20.9 Å². The second kappa shape index (κ2) is 7.40. The summed E-state index contributed by atoms with van der Waals surface area (Å²) in [6.07, 6.45) is 0.298. The lowest BCUT2D eigenvalue weighted by atomic mass is 10.1. The molecule has 1 aromatic rings. The lowest BCUT2D eigenvalue weighted by Gasteiger charge is -2.25. The zero-order valence-corrected chi connectivity index (χ0v) is 13.5. The first kappa shape index (κ1) is 16.5. The molecule has 1 aliphatic rings. The molecule has 0 spiro atoms. The third kappa shape index (κ3) is 3.85. The Morgan fingerprint density at radius 3 is 2.73 bits per heavy atom. The summed E-state index contributed by atoms with van der Waals surface area (Å²) in [5.41, 5.74) is 1.09. The van der Waals surface area contributed by atoms with Gasteiger partial charge in [-0.1, -0.05) is 30.3 Å². The van der Waals surface area contributed by atoms with Crippen LogP contribution in [0.5, 0.6) is 0 Å². The van der Waals surface area contributed by atoms with Gasteiger partial charge in [0.1, 0.15) is 0 Å². The quantitative estimate of drug-likeness (QED) is 0.801. The summed E-state index contributed by atoms with van der Waals surface area (Å²) < 4.78 is 5.10. The van der Waals surface area contributed by atoms with Gasteiger partial charge in [-0.05, 0) is 12.5 Å². The van der Waals surface area contributed by atoms with Crippen LogP contribution in [-0.4, -0.2) is 55.0 Å². The minimum absolute atomic E-state index is 0.00901. The third-order valence-electron chi connectivity index (χ3n) is 4.09. The van der Waals surface area contributed by atoms with Crippen molar-refractivity contribution >= 4 is 11.8 Å². The van der Waals surface area contributed by atoms with Crippen molar-refractivity contribution in [2.45, 2.75) is 25.9 Å². The maximum absolute atomic E-state index is 12.5. The van der Waals surface area contributed by atoms with Crippen molar-refractivity contribution in [3.05, 3.63) is 35.9 Å². The molecule has 0 radical (unpaired) electrons. The molecule has 1 aromatic carbocycles. The maximum atomic E-state index is 12.5. The highest BCUT2D eigenvalue weighted by Crippen LogP contribution is 2.22. The summed E-state index contributed by atoms with van der Waals surface area (Å²) >= 11 is 0. The number of likely N-dealkylation sites (tertiary alicyclic amines) is 1. The van der Waals surface area contributed by atoms with Gasteiger partial charge in [0, 0.05) is 33.7 Å². The SMILES string of the molecule is COCC(C)N1CC(C(=O)N(C)Cc2ccccc2)CC1=O. The van der Waals surface area contributed by atoms with Crippen molar-refractivity contribution < 1.29 is 14.3 Å². The van der Waals surface area contributed by atoms with Crippen LogP contribution in [0.15, 0.2) is 30.3 Å². The van der Waals surface area contributed by atoms with Crippen LogP contribution < -0.4 is 0 Å². The van der Waals surface area contributed by atoms with Crippen LogP contribution in [0, 0.1) is 5.92 Å². The van der Waals surface area contributed by atoms with Crippen LogP contribution in [0.3, 0.4) is 0 Å². The number of ether oxygens (including phenoxy) is 1. The van der Waals surface area contributed by atoms with Gasteiger partial charge >= 0.3 is 0 Å². The van der Waals surface area contributed by atoms with E-state index in [9.17, 15) is 9.59 Å². The van der Waals surface area contributed by atoms with E-state index in [4.69, 9.17) is 4.74 Å². The van der Waals surface area contributed by atoms with Gasteiger partial charge < -0.3 is 14.5 Å². The second-order valence-electron chi connectivity index (χ2n) is 5.93. The second-order valence-corrected chi connectivity index (χ2v) is 5.93. The standard InChI is InChI=1S/C17H24N2O3/c1-13(12-22-3)19-11-15(9-16(19)20)17(21)18(2)10-14-7-5-4-6-8-14/h4-8,13,15H,9-12H2,1-3H3. The number of hydrogen-bond donors (Lipinski definition) is 0. The predicted octanol–water partition coefficient (Wildman–Crippen LogP) is 1.53. The molecule has 1 heterocycles.